The number of hydrogen-bond acceptors (Lipinski definition) is 3. The van der Waals surface area contributed by atoms with Crippen molar-refractivity contribution in [2.45, 2.75) is 0 Å². The number of hydrogen-bond donors (Lipinski definition) is 2. The number of aromatic nitrogens is 2. The smallest absolute Gasteiger partial charge is 0.0971 e. The van der Waals surface area contributed by atoms with Gasteiger partial charge in [-0.3, -0.25) is 0 Å². The highest BCUT2D eigenvalue weighted by Crippen LogP contribution is 2.11. The molecule has 0 aliphatic carbocycles. The zero-order valence-electron chi connectivity index (χ0n) is 6.23. The molecular weight excluding hydrogens is 154 g/mol. The maximum absolute atomic E-state index is 8.35. The normalized spacial score (nSPS) is 11.3. The molecule has 0 fully saturated rings. The van der Waals surface area contributed by atoms with Gasteiger partial charge < -0.3 is 10.2 Å². The predicted octanol–water partition coefficient (Wildman–Crippen LogP) is 1.37. The second-order valence-corrected chi connectivity index (χ2v) is 2.39. The summed E-state index contributed by atoms with van der Waals surface area (Å²) in [5.41, 5.74) is 2.55. The molecule has 60 valence electrons. The summed E-state index contributed by atoms with van der Waals surface area (Å²) in [6.07, 6.45) is 2.97. The second kappa shape index (κ2) is 2.65. The van der Waals surface area contributed by atoms with Gasteiger partial charge in [0.25, 0.3) is 0 Å². The minimum absolute atomic E-state index is 0.802. The van der Waals surface area contributed by atoms with Crippen molar-refractivity contribution >= 4 is 17.2 Å². The van der Waals surface area contributed by atoms with Gasteiger partial charge in [-0.05, 0) is 6.07 Å². The second-order valence-electron chi connectivity index (χ2n) is 2.39. The lowest BCUT2D eigenvalue weighted by Crippen LogP contribution is -1.82. The Labute approximate surface area is 68.6 Å². The highest BCUT2D eigenvalue weighted by atomic mass is 16.4. The maximum Gasteiger partial charge on any atom is 0.0971 e. The Morgan fingerprint density at radius 3 is 3.25 bits per heavy atom. The van der Waals surface area contributed by atoms with Crippen LogP contribution in [0.5, 0.6) is 0 Å². The Balaban J connectivity index is 2.73. The molecule has 0 spiro atoms. The van der Waals surface area contributed by atoms with Gasteiger partial charge in [0, 0.05) is 5.56 Å². The number of fused-ring (bicyclic) bond motifs is 1. The molecule has 4 nitrogen and oxygen atoms in total. The van der Waals surface area contributed by atoms with Gasteiger partial charge in [0.2, 0.25) is 0 Å². The number of nitrogens with zero attached hydrogens (tertiary/aromatic N) is 2. The third-order valence-corrected chi connectivity index (χ3v) is 1.68. The van der Waals surface area contributed by atoms with Crippen LogP contribution < -0.4 is 0 Å². The van der Waals surface area contributed by atoms with Crippen LogP contribution in [0.25, 0.3) is 11.0 Å². The van der Waals surface area contributed by atoms with Crippen LogP contribution in [0.3, 0.4) is 0 Å². The molecule has 0 saturated heterocycles. The summed E-state index contributed by atoms with van der Waals surface area (Å²) in [4.78, 5) is 7.04. The van der Waals surface area contributed by atoms with Crippen molar-refractivity contribution in [3.8, 4) is 0 Å². The third kappa shape index (κ3) is 0.934. The van der Waals surface area contributed by atoms with Crippen molar-refractivity contribution in [2.75, 3.05) is 0 Å². The van der Waals surface area contributed by atoms with Crippen molar-refractivity contribution in [3.63, 3.8) is 0 Å². The molecule has 0 amide bonds. The Hall–Kier alpha value is -1.84. The van der Waals surface area contributed by atoms with Crippen LogP contribution in [0, 0.1) is 0 Å². The first-order valence-electron chi connectivity index (χ1n) is 3.51. The fraction of sp³-hybridized carbons (Fsp3) is 0. The fourth-order valence-corrected chi connectivity index (χ4v) is 1.15. The molecule has 0 radical (unpaired) electrons. The monoisotopic (exact) mass is 161 g/mol. The number of para-hydroxylation sites is 1. The van der Waals surface area contributed by atoms with Crippen LogP contribution in [-0.2, 0) is 0 Å². The Kier molecular flexibility index (Phi) is 1.51. The summed E-state index contributed by atoms with van der Waals surface area (Å²) in [5, 5.41) is 11.3. The summed E-state index contributed by atoms with van der Waals surface area (Å²) in [5.74, 6) is 0. The number of nitrogens with one attached hydrogen (secondary N) is 1. The summed E-state index contributed by atoms with van der Waals surface area (Å²) in [7, 11) is 0. The molecule has 1 heterocycles. The van der Waals surface area contributed by atoms with E-state index in [2.05, 4.69) is 15.1 Å². The first-order valence-corrected chi connectivity index (χ1v) is 3.51. The number of imidazole rings is 1. The molecular formula is C8H7N3O. The molecule has 0 bridgehead atoms. The van der Waals surface area contributed by atoms with Gasteiger partial charge in [-0.15, -0.1) is 0 Å². The highest BCUT2D eigenvalue weighted by molar-refractivity contribution is 5.95. The minimum atomic E-state index is 0.802. The summed E-state index contributed by atoms with van der Waals surface area (Å²) < 4.78 is 0. The third-order valence-electron chi connectivity index (χ3n) is 1.68. The average molecular weight is 161 g/mol. The van der Waals surface area contributed by atoms with Crippen LogP contribution in [0.1, 0.15) is 5.56 Å². The van der Waals surface area contributed by atoms with Gasteiger partial charge in [-0.25, -0.2) is 4.98 Å². The lowest BCUT2D eigenvalue weighted by atomic mass is 10.2. The molecule has 0 saturated carbocycles. The van der Waals surface area contributed by atoms with Crippen LogP contribution in [-0.4, -0.2) is 21.4 Å². The van der Waals surface area contributed by atoms with Crippen molar-refractivity contribution < 1.29 is 5.21 Å². The molecule has 12 heavy (non-hydrogen) atoms. The molecule has 0 aliphatic rings. The van der Waals surface area contributed by atoms with E-state index < -0.39 is 0 Å². The van der Waals surface area contributed by atoms with Gasteiger partial charge in [0.15, 0.2) is 0 Å². The Morgan fingerprint density at radius 1 is 1.50 bits per heavy atom. The molecule has 2 N–H and O–H groups in total. The van der Waals surface area contributed by atoms with Gasteiger partial charge in [0.05, 0.1) is 23.6 Å². The predicted molar refractivity (Wildman–Crippen MR) is 45.5 cm³/mol. The van der Waals surface area contributed by atoms with Crippen molar-refractivity contribution in [1.82, 2.24) is 9.97 Å². The molecule has 0 atom stereocenters. The Morgan fingerprint density at radius 2 is 2.42 bits per heavy atom. The van der Waals surface area contributed by atoms with Crippen LogP contribution in [0.2, 0.25) is 0 Å². The van der Waals surface area contributed by atoms with E-state index in [1.54, 1.807) is 6.33 Å². The quantitative estimate of drug-likeness (QED) is 0.377. The zero-order chi connectivity index (χ0) is 8.39. The van der Waals surface area contributed by atoms with E-state index in [0.29, 0.717) is 0 Å². The lowest BCUT2D eigenvalue weighted by molar-refractivity contribution is 0.322. The van der Waals surface area contributed by atoms with Crippen LogP contribution >= 0.6 is 0 Å². The number of rotatable bonds is 1. The van der Waals surface area contributed by atoms with E-state index in [1.807, 2.05) is 18.2 Å². The van der Waals surface area contributed by atoms with Crippen molar-refractivity contribution in [1.29, 1.82) is 0 Å². The van der Waals surface area contributed by atoms with Crippen molar-refractivity contribution in [3.05, 3.63) is 30.1 Å². The van der Waals surface area contributed by atoms with E-state index in [0.717, 1.165) is 16.6 Å². The van der Waals surface area contributed by atoms with E-state index >= 15 is 0 Å². The molecule has 2 aromatic rings. The first kappa shape index (κ1) is 6.84. The van der Waals surface area contributed by atoms with E-state index in [4.69, 9.17) is 5.21 Å². The van der Waals surface area contributed by atoms with E-state index in [-0.39, 0.29) is 0 Å². The zero-order valence-corrected chi connectivity index (χ0v) is 6.23. The maximum atomic E-state index is 8.35. The fourth-order valence-electron chi connectivity index (χ4n) is 1.15. The number of aromatic amines is 1. The summed E-state index contributed by atoms with van der Waals surface area (Å²) >= 11 is 0. The van der Waals surface area contributed by atoms with Crippen LogP contribution in [0.15, 0.2) is 29.7 Å². The number of H-pyrrole nitrogens is 1. The minimum Gasteiger partial charge on any atom is -0.411 e. The van der Waals surface area contributed by atoms with Crippen LogP contribution in [0.4, 0.5) is 0 Å². The molecule has 1 aromatic carbocycles. The molecule has 2 rings (SSSR count). The van der Waals surface area contributed by atoms with Gasteiger partial charge in [0.1, 0.15) is 0 Å². The first-order chi connectivity index (χ1) is 5.92. The average Bonchev–Trinajstić information content (AvgIpc) is 2.53. The molecule has 0 aliphatic heterocycles. The van der Waals surface area contributed by atoms with Gasteiger partial charge >= 0.3 is 0 Å². The summed E-state index contributed by atoms with van der Waals surface area (Å²) in [6, 6.07) is 5.62. The Bertz CT molecular complexity index is 419. The van der Waals surface area contributed by atoms with Gasteiger partial charge in [-0.1, -0.05) is 17.3 Å². The summed E-state index contributed by atoms with van der Waals surface area (Å²) in [6.45, 7) is 0. The molecule has 4 heteroatoms. The lowest BCUT2D eigenvalue weighted by Gasteiger charge is -1.91. The standard InChI is InChI=1S/C8H7N3O/c12-11-4-6-2-1-3-7-8(6)10-5-9-7/h1-5,12H,(H,9,10). The van der Waals surface area contributed by atoms with Gasteiger partial charge in [-0.2, -0.15) is 0 Å². The number of oxime groups is 1. The molecule has 1 aromatic heterocycles. The number of benzene rings is 1. The topological polar surface area (TPSA) is 61.3 Å². The van der Waals surface area contributed by atoms with E-state index in [9.17, 15) is 0 Å². The molecule has 0 unspecified atom stereocenters. The highest BCUT2D eigenvalue weighted by Gasteiger charge is 1.99. The van der Waals surface area contributed by atoms with E-state index in [1.165, 1.54) is 6.21 Å². The SMILES string of the molecule is ON=Cc1cccc2[nH]cnc12. The van der Waals surface area contributed by atoms with Crippen molar-refractivity contribution in [2.24, 2.45) is 5.16 Å². The largest absolute Gasteiger partial charge is 0.411 e.